The molecule has 30 heavy (non-hydrogen) atoms. The molecular formula is C23H25N3O4. The van der Waals surface area contributed by atoms with Gasteiger partial charge in [-0.3, -0.25) is 14.2 Å². The molecule has 1 saturated heterocycles. The smallest absolute Gasteiger partial charge is 0.336 e. The molecule has 3 aromatic rings. The van der Waals surface area contributed by atoms with E-state index in [-0.39, 0.29) is 5.91 Å². The summed E-state index contributed by atoms with van der Waals surface area (Å²) in [7, 11) is 1.56. The molecule has 0 radical (unpaired) electrons. The number of para-hydroxylation sites is 1. The van der Waals surface area contributed by atoms with E-state index in [4.69, 9.17) is 4.74 Å². The average molecular weight is 407 g/mol. The molecule has 4 rings (SSSR count). The van der Waals surface area contributed by atoms with Crippen molar-refractivity contribution in [2.45, 2.75) is 32.2 Å². The third-order valence-electron chi connectivity index (χ3n) is 5.73. The number of ether oxygens (including phenoxy) is 1. The molecule has 156 valence electrons. The molecule has 2 heterocycles. The number of nitrogens with zero attached hydrogens (tertiary/aromatic N) is 3. The van der Waals surface area contributed by atoms with Crippen LogP contribution in [0.2, 0.25) is 0 Å². The average Bonchev–Trinajstić information content (AvgIpc) is 3.32. The van der Waals surface area contributed by atoms with Gasteiger partial charge in [-0.25, -0.2) is 9.36 Å². The molecule has 2 aromatic carbocycles. The normalized spacial score (nSPS) is 14.8. The minimum Gasteiger partial charge on any atom is -0.497 e. The maximum Gasteiger partial charge on any atom is 0.336 e. The van der Waals surface area contributed by atoms with Gasteiger partial charge in [0.2, 0.25) is 5.91 Å². The van der Waals surface area contributed by atoms with Crippen molar-refractivity contribution in [3.8, 4) is 11.4 Å². The highest BCUT2D eigenvalue weighted by Gasteiger charge is 2.29. The van der Waals surface area contributed by atoms with E-state index >= 15 is 0 Å². The Balaban J connectivity index is 1.97. The van der Waals surface area contributed by atoms with E-state index in [2.05, 4.69) is 0 Å². The van der Waals surface area contributed by atoms with Crippen LogP contribution in [0.15, 0.2) is 58.1 Å². The summed E-state index contributed by atoms with van der Waals surface area (Å²) in [5, 5.41) is 0.403. The summed E-state index contributed by atoms with van der Waals surface area (Å²) < 4.78 is 7.81. The Bertz CT molecular complexity index is 1190. The van der Waals surface area contributed by atoms with E-state index in [0.29, 0.717) is 41.9 Å². The Morgan fingerprint density at radius 3 is 2.33 bits per heavy atom. The SMILES string of the molecule is CC[C@H](C(=O)N1CCCC1)n1c(=O)n(-c2ccc(OC)cc2)c(=O)c2ccccc21. The lowest BCUT2D eigenvalue weighted by atomic mass is 10.1. The summed E-state index contributed by atoms with van der Waals surface area (Å²) >= 11 is 0. The first-order valence-corrected chi connectivity index (χ1v) is 10.3. The van der Waals surface area contributed by atoms with Crippen LogP contribution >= 0.6 is 0 Å². The van der Waals surface area contributed by atoms with Crippen LogP contribution in [0.25, 0.3) is 16.6 Å². The molecule has 1 aliphatic heterocycles. The predicted molar refractivity (Wildman–Crippen MR) is 115 cm³/mol. The van der Waals surface area contributed by atoms with E-state index in [9.17, 15) is 14.4 Å². The quantitative estimate of drug-likeness (QED) is 0.652. The first-order valence-electron chi connectivity index (χ1n) is 10.3. The number of hydrogen-bond acceptors (Lipinski definition) is 4. The number of amides is 1. The molecule has 1 aromatic heterocycles. The molecular weight excluding hydrogens is 382 g/mol. The van der Waals surface area contributed by atoms with Crippen LogP contribution in [0.1, 0.15) is 32.2 Å². The molecule has 0 saturated carbocycles. The Hall–Kier alpha value is -3.35. The molecule has 0 N–H and O–H groups in total. The predicted octanol–water partition coefficient (Wildman–Crippen LogP) is 2.73. The molecule has 7 nitrogen and oxygen atoms in total. The van der Waals surface area contributed by atoms with Gasteiger partial charge in [0.1, 0.15) is 11.8 Å². The fourth-order valence-corrected chi connectivity index (χ4v) is 4.16. The van der Waals surface area contributed by atoms with Crippen molar-refractivity contribution in [1.29, 1.82) is 0 Å². The molecule has 1 atom stereocenters. The van der Waals surface area contributed by atoms with Gasteiger partial charge >= 0.3 is 5.69 Å². The van der Waals surface area contributed by atoms with Crippen LogP contribution in [-0.2, 0) is 4.79 Å². The second-order valence-electron chi connectivity index (χ2n) is 7.46. The standard InChI is InChI=1S/C23H25N3O4/c1-3-19(22(28)24-14-6-7-15-24)26-20-9-5-4-8-18(20)21(27)25(23(26)29)16-10-12-17(30-2)13-11-16/h4-5,8-13,19H,3,6-7,14-15H2,1-2H3/t19-/m1/s1. The number of likely N-dealkylation sites (tertiary alicyclic amines) is 1. The lowest BCUT2D eigenvalue weighted by molar-refractivity contribution is -0.133. The number of hydrogen-bond donors (Lipinski definition) is 0. The van der Waals surface area contributed by atoms with Crippen LogP contribution in [0, 0.1) is 0 Å². The summed E-state index contributed by atoms with van der Waals surface area (Å²) in [5.41, 5.74) is 0.00851. The highest BCUT2D eigenvalue weighted by molar-refractivity contribution is 5.85. The number of aromatic nitrogens is 2. The van der Waals surface area contributed by atoms with Gasteiger partial charge < -0.3 is 9.64 Å². The van der Waals surface area contributed by atoms with Crippen molar-refractivity contribution in [3.05, 3.63) is 69.4 Å². The van der Waals surface area contributed by atoms with Crippen LogP contribution in [0.5, 0.6) is 5.75 Å². The minimum absolute atomic E-state index is 0.0674. The monoisotopic (exact) mass is 407 g/mol. The van der Waals surface area contributed by atoms with Gasteiger partial charge in [-0.1, -0.05) is 19.1 Å². The van der Waals surface area contributed by atoms with Crippen molar-refractivity contribution in [3.63, 3.8) is 0 Å². The van der Waals surface area contributed by atoms with Gasteiger partial charge in [-0.2, -0.15) is 0 Å². The van der Waals surface area contributed by atoms with Crippen molar-refractivity contribution in [2.75, 3.05) is 20.2 Å². The van der Waals surface area contributed by atoms with Gasteiger partial charge in [0.05, 0.1) is 23.7 Å². The zero-order chi connectivity index (χ0) is 21.3. The van der Waals surface area contributed by atoms with Gasteiger partial charge in [-0.15, -0.1) is 0 Å². The maximum atomic E-state index is 13.6. The van der Waals surface area contributed by atoms with E-state index in [0.717, 1.165) is 17.4 Å². The molecule has 0 aliphatic carbocycles. The fraction of sp³-hybridized carbons (Fsp3) is 0.348. The second-order valence-corrected chi connectivity index (χ2v) is 7.46. The van der Waals surface area contributed by atoms with Crippen molar-refractivity contribution in [1.82, 2.24) is 14.0 Å². The largest absolute Gasteiger partial charge is 0.497 e. The second kappa shape index (κ2) is 8.18. The van der Waals surface area contributed by atoms with Gasteiger partial charge in [-0.05, 0) is 55.7 Å². The fourth-order valence-electron chi connectivity index (χ4n) is 4.16. The van der Waals surface area contributed by atoms with E-state index in [1.807, 2.05) is 11.8 Å². The topological polar surface area (TPSA) is 73.5 Å². The molecule has 0 spiro atoms. The third kappa shape index (κ3) is 3.30. The van der Waals surface area contributed by atoms with Crippen LogP contribution in [0.4, 0.5) is 0 Å². The van der Waals surface area contributed by atoms with Gasteiger partial charge in [0, 0.05) is 13.1 Å². The van der Waals surface area contributed by atoms with Crippen molar-refractivity contribution < 1.29 is 9.53 Å². The zero-order valence-electron chi connectivity index (χ0n) is 17.2. The molecule has 7 heteroatoms. The zero-order valence-corrected chi connectivity index (χ0v) is 17.2. The lowest BCUT2D eigenvalue weighted by Gasteiger charge is -2.25. The number of benzene rings is 2. The van der Waals surface area contributed by atoms with Crippen LogP contribution in [0.3, 0.4) is 0 Å². The molecule has 1 aliphatic rings. The number of carbonyl (C=O) groups is 1. The Kier molecular flexibility index (Phi) is 5.44. The Labute approximate surface area is 174 Å². The van der Waals surface area contributed by atoms with Crippen LogP contribution in [-0.4, -0.2) is 40.1 Å². The number of fused-ring (bicyclic) bond motifs is 1. The van der Waals surface area contributed by atoms with E-state index < -0.39 is 17.3 Å². The Morgan fingerprint density at radius 2 is 1.70 bits per heavy atom. The Morgan fingerprint density at radius 1 is 1.03 bits per heavy atom. The number of rotatable bonds is 5. The first kappa shape index (κ1) is 19.9. The van der Waals surface area contributed by atoms with Crippen molar-refractivity contribution >= 4 is 16.8 Å². The van der Waals surface area contributed by atoms with Gasteiger partial charge in [0.15, 0.2) is 0 Å². The minimum atomic E-state index is -0.661. The van der Waals surface area contributed by atoms with Crippen molar-refractivity contribution in [2.24, 2.45) is 0 Å². The number of methoxy groups -OCH3 is 1. The first-order chi connectivity index (χ1) is 14.6. The van der Waals surface area contributed by atoms with Crippen LogP contribution < -0.4 is 16.0 Å². The molecule has 1 amide bonds. The number of carbonyl (C=O) groups excluding carboxylic acids is 1. The van der Waals surface area contributed by atoms with E-state index in [1.54, 1.807) is 55.6 Å². The lowest BCUT2D eigenvalue weighted by Crippen LogP contribution is -2.45. The summed E-state index contributed by atoms with van der Waals surface area (Å²) in [6.07, 6.45) is 2.41. The molecule has 1 fully saturated rings. The maximum absolute atomic E-state index is 13.6. The summed E-state index contributed by atoms with van der Waals surface area (Å²) in [5.74, 6) is 0.561. The molecule has 0 unspecified atom stereocenters. The van der Waals surface area contributed by atoms with Gasteiger partial charge in [0.25, 0.3) is 5.56 Å². The molecule has 0 bridgehead atoms. The summed E-state index contributed by atoms with van der Waals surface area (Å²) in [6.45, 7) is 3.31. The summed E-state index contributed by atoms with van der Waals surface area (Å²) in [4.78, 5) is 41.9. The van der Waals surface area contributed by atoms with E-state index in [1.165, 1.54) is 4.57 Å². The summed E-state index contributed by atoms with van der Waals surface area (Å²) in [6, 6.07) is 13.1. The highest BCUT2D eigenvalue weighted by Crippen LogP contribution is 2.22. The third-order valence-corrected chi connectivity index (χ3v) is 5.73. The highest BCUT2D eigenvalue weighted by atomic mass is 16.5.